The van der Waals surface area contributed by atoms with Crippen LogP contribution in [0, 0.1) is 12.8 Å². The fourth-order valence-corrected chi connectivity index (χ4v) is 5.14. The van der Waals surface area contributed by atoms with Gasteiger partial charge in [0.15, 0.2) is 5.82 Å². The van der Waals surface area contributed by atoms with Gasteiger partial charge in [0.05, 0.1) is 24.9 Å². The van der Waals surface area contributed by atoms with Gasteiger partial charge >= 0.3 is 0 Å². The summed E-state index contributed by atoms with van der Waals surface area (Å²) in [6.45, 7) is 1.98. The maximum absolute atomic E-state index is 13.1. The predicted molar refractivity (Wildman–Crippen MR) is 155 cm³/mol. The summed E-state index contributed by atoms with van der Waals surface area (Å²) in [5.41, 5.74) is 5.73. The highest BCUT2D eigenvalue weighted by molar-refractivity contribution is 8.07. The number of methoxy groups -OCH3 is 1. The molecule has 1 aliphatic carbocycles. The Hall–Kier alpha value is -4.08. The van der Waals surface area contributed by atoms with Crippen molar-refractivity contribution in [3.63, 3.8) is 0 Å². The maximum Gasteiger partial charge on any atom is 0.230 e. The van der Waals surface area contributed by atoms with Crippen LogP contribution in [0.5, 0.6) is 5.75 Å². The van der Waals surface area contributed by atoms with Gasteiger partial charge in [0.1, 0.15) is 11.4 Å². The molecule has 5 rings (SSSR count). The summed E-state index contributed by atoms with van der Waals surface area (Å²) in [7, 11) is 1.68. The molecule has 0 bridgehead atoms. The van der Waals surface area contributed by atoms with E-state index < -0.39 is 0 Å². The second kappa shape index (κ2) is 11.8. The van der Waals surface area contributed by atoms with Crippen LogP contribution in [0.3, 0.4) is 0 Å². The van der Waals surface area contributed by atoms with Crippen LogP contribution in [0.15, 0.2) is 66.7 Å². The fourth-order valence-electron chi connectivity index (χ4n) is 4.57. The van der Waals surface area contributed by atoms with E-state index in [-0.39, 0.29) is 12.3 Å². The third-order valence-electron chi connectivity index (χ3n) is 6.32. The second-order valence-corrected chi connectivity index (χ2v) is 9.35. The topological polar surface area (TPSA) is 64.1 Å². The number of aryl methyl sites for hydroxylation is 2. The molecule has 1 heterocycles. The van der Waals surface area contributed by atoms with Crippen LogP contribution >= 0.6 is 11.8 Å². The molecule has 3 aromatic carbocycles. The number of ether oxygens (including phenoxy) is 1. The first-order valence-corrected chi connectivity index (χ1v) is 13.2. The molecular weight excluding hydrogens is 478 g/mol. The number of aromatic nitrogens is 2. The first-order chi connectivity index (χ1) is 18.1. The minimum absolute atomic E-state index is 0.103. The number of rotatable bonds is 6. The van der Waals surface area contributed by atoms with Crippen molar-refractivity contribution < 1.29 is 9.53 Å². The molecular formula is C31H29N3O2S. The van der Waals surface area contributed by atoms with Crippen LogP contribution < -0.4 is 10.1 Å². The lowest BCUT2D eigenvalue weighted by atomic mass is 9.91. The van der Waals surface area contributed by atoms with Crippen LogP contribution in [-0.4, -0.2) is 29.2 Å². The van der Waals surface area contributed by atoms with E-state index in [0.717, 1.165) is 56.8 Å². The monoisotopic (exact) mass is 507 g/mol. The molecule has 0 saturated heterocycles. The Labute approximate surface area is 222 Å². The number of nitrogens with zero attached hydrogens (tertiary/aromatic N) is 2. The summed E-state index contributed by atoms with van der Waals surface area (Å²) in [6.07, 6.45) is 13.9. The number of allylic oxidation sites excluding steroid dienone is 1. The van der Waals surface area contributed by atoms with E-state index in [2.05, 4.69) is 54.6 Å². The molecule has 0 atom stereocenters. The van der Waals surface area contributed by atoms with Crippen molar-refractivity contribution in [1.29, 1.82) is 0 Å². The summed E-state index contributed by atoms with van der Waals surface area (Å²) < 4.78 is 5.40. The molecule has 5 nitrogen and oxygen atoms in total. The van der Waals surface area contributed by atoms with Gasteiger partial charge in [-0.3, -0.25) is 4.79 Å². The van der Waals surface area contributed by atoms with E-state index in [4.69, 9.17) is 14.7 Å². The normalized spacial score (nSPS) is 12.1. The minimum atomic E-state index is -0.103. The van der Waals surface area contributed by atoms with Crippen molar-refractivity contribution in [3.05, 3.63) is 89.3 Å². The minimum Gasteiger partial charge on any atom is -0.497 e. The number of fused-ring (bicyclic) bond motifs is 4. The number of carbonyl (C=O) groups excluding carboxylic acids is 1. The molecule has 0 fully saturated rings. The zero-order valence-electron chi connectivity index (χ0n) is 21.2. The average molecular weight is 508 g/mol. The summed E-state index contributed by atoms with van der Waals surface area (Å²) in [6, 6.07) is 20.4. The number of terminal acetylenes is 1. The molecule has 0 saturated carbocycles. The van der Waals surface area contributed by atoms with Crippen LogP contribution in [0.4, 0.5) is 5.82 Å². The summed E-state index contributed by atoms with van der Waals surface area (Å²) in [5.74, 6) is 1.26. The Morgan fingerprint density at radius 3 is 2.57 bits per heavy atom. The van der Waals surface area contributed by atoms with Gasteiger partial charge in [-0.25, -0.2) is 9.97 Å². The summed E-state index contributed by atoms with van der Waals surface area (Å²) in [4.78, 5) is 24.0. The lowest BCUT2D eigenvalue weighted by molar-refractivity contribution is -0.115. The number of carbonyl (C=O) groups is 1. The number of anilines is 1. The number of hydrogen-bond acceptors (Lipinski definition) is 5. The first-order valence-electron chi connectivity index (χ1n) is 12.0. The highest BCUT2D eigenvalue weighted by Gasteiger charge is 2.24. The van der Waals surface area contributed by atoms with Gasteiger partial charge in [-0.15, -0.1) is 24.6 Å². The van der Waals surface area contributed by atoms with Gasteiger partial charge in [0, 0.05) is 10.5 Å². The Morgan fingerprint density at radius 1 is 1.05 bits per heavy atom. The molecule has 0 unspecified atom stereocenters. The number of amides is 1. The van der Waals surface area contributed by atoms with Crippen LogP contribution in [0.25, 0.3) is 26.9 Å². The molecule has 37 heavy (non-hydrogen) atoms. The molecule has 0 aliphatic heterocycles. The molecule has 4 aromatic rings. The molecule has 0 radical (unpaired) electrons. The summed E-state index contributed by atoms with van der Waals surface area (Å²) >= 11 is 1.60. The van der Waals surface area contributed by atoms with Crippen molar-refractivity contribution in [1.82, 2.24) is 9.97 Å². The standard InChI is InChI=1S/C29H27N3O2S.C2H2/c1-4-25(35-3)28-29(31-26(33)16-18-9-10-19-7-5-6-8-20(19)15-18)30-24-14-11-21-17-22(34-2)12-13-23(21)27(24)32-28;1-2/h4-10,12-13,15,17H,11,14,16H2,1-3H3,(H,30,31,33);1-2H/b25-4-;. The molecule has 1 aliphatic rings. The largest absolute Gasteiger partial charge is 0.497 e. The maximum atomic E-state index is 13.1. The number of nitrogens with one attached hydrogen (secondary N) is 1. The van der Waals surface area contributed by atoms with Crippen molar-refractivity contribution in [3.8, 4) is 29.9 Å². The molecule has 186 valence electrons. The zero-order valence-corrected chi connectivity index (χ0v) is 22.1. The Balaban J connectivity index is 0.00000156. The molecule has 1 N–H and O–H groups in total. The second-order valence-electron chi connectivity index (χ2n) is 8.50. The van der Waals surface area contributed by atoms with Crippen LogP contribution in [0.1, 0.15) is 29.4 Å². The molecule has 0 spiro atoms. The Morgan fingerprint density at radius 2 is 1.84 bits per heavy atom. The van der Waals surface area contributed by atoms with Gasteiger partial charge in [-0.1, -0.05) is 48.5 Å². The Bertz CT molecular complexity index is 1510. The van der Waals surface area contributed by atoms with Gasteiger partial charge in [-0.2, -0.15) is 0 Å². The first kappa shape index (κ1) is 26.0. The van der Waals surface area contributed by atoms with Crippen molar-refractivity contribution in [2.45, 2.75) is 26.2 Å². The van der Waals surface area contributed by atoms with Crippen molar-refractivity contribution >= 4 is 39.2 Å². The summed E-state index contributed by atoms with van der Waals surface area (Å²) in [5, 5.41) is 5.35. The molecule has 1 aromatic heterocycles. The molecule has 6 heteroatoms. The lowest BCUT2D eigenvalue weighted by Gasteiger charge is -2.22. The van der Waals surface area contributed by atoms with Crippen molar-refractivity contribution in [2.24, 2.45) is 0 Å². The van der Waals surface area contributed by atoms with E-state index in [1.807, 2.05) is 43.5 Å². The van der Waals surface area contributed by atoms with Gasteiger partial charge in [0.25, 0.3) is 0 Å². The highest BCUT2D eigenvalue weighted by atomic mass is 32.2. The predicted octanol–water partition coefficient (Wildman–Crippen LogP) is 6.56. The quantitative estimate of drug-likeness (QED) is 0.300. The Kier molecular flexibility index (Phi) is 8.27. The highest BCUT2D eigenvalue weighted by Crippen LogP contribution is 2.37. The number of benzene rings is 3. The average Bonchev–Trinajstić information content (AvgIpc) is 2.94. The van der Waals surface area contributed by atoms with Crippen LogP contribution in [0.2, 0.25) is 0 Å². The smallest absolute Gasteiger partial charge is 0.230 e. The van der Waals surface area contributed by atoms with Gasteiger partial charge in [-0.05, 0) is 66.1 Å². The van der Waals surface area contributed by atoms with Gasteiger partial charge in [0.2, 0.25) is 5.91 Å². The van der Waals surface area contributed by atoms with E-state index in [1.165, 1.54) is 5.56 Å². The van der Waals surface area contributed by atoms with Crippen LogP contribution in [-0.2, 0) is 24.1 Å². The zero-order chi connectivity index (χ0) is 26.4. The SMILES string of the molecule is C#C.C/C=C(\SC)c1nc2c(nc1NC(=O)Cc1ccc3ccccc3c1)CCc1cc(OC)ccc1-2. The molecule has 1 amide bonds. The third kappa shape index (κ3) is 5.52. The van der Waals surface area contributed by atoms with E-state index in [1.54, 1.807) is 18.9 Å². The van der Waals surface area contributed by atoms with Crippen molar-refractivity contribution in [2.75, 3.05) is 18.7 Å². The fraction of sp³-hybridized carbons (Fsp3) is 0.194. The number of thioether (sulfide) groups is 1. The van der Waals surface area contributed by atoms with Gasteiger partial charge < -0.3 is 10.1 Å². The third-order valence-corrected chi connectivity index (χ3v) is 7.19. The van der Waals surface area contributed by atoms with E-state index in [9.17, 15) is 4.79 Å². The lowest BCUT2D eigenvalue weighted by Crippen LogP contribution is -2.19. The van der Waals surface area contributed by atoms with E-state index >= 15 is 0 Å². The van der Waals surface area contributed by atoms with E-state index in [0.29, 0.717) is 11.5 Å². The number of hydrogen-bond donors (Lipinski definition) is 1.